The average molecular weight is 449 g/mol. The van der Waals surface area contributed by atoms with Crippen LogP contribution in [0.2, 0.25) is 5.02 Å². The second-order valence-electron chi connectivity index (χ2n) is 6.73. The van der Waals surface area contributed by atoms with Crippen LogP contribution in [0.5, 0.6) is 0 Å². The number of carbonyl (C=O) groups is 1. The van der Waals surface area contributed by atoms with Crippen LogP contribution < -0.4 is 5.56 Å². The van der Waals surface area contributed by atoms with Crippen molar-refractivity contribution in [3.8, 4) is 0 Å². The van der Waals surface area contributed by atoms with Gasteiger partial charge in [-0.2, -0.15) is 8.99 Å². The van der Waals surface area contributed by atoms with E-state index >= 15 is 0 Å². The third-order valence-corrected chi connectivity index (χ3v) is 7.03. The number of esters is 1. The van der Waals surface area contributed by atoms with Crippen LogP contribution in [0.3, 0.4) is 0 Å². The second-order valence-corrected chi connectivity index (χ2v) is 9.06. The number of nitrogens with zero attached hydrogens (tertiary/aromatic N) is 4. The molecule has 2 heterocycles. The molecule has 1 fully saturated rings. The largest absolute Gasteiger partial charge is 0.441 e. The van der Waals surface area contributed by atoms with E-state index in [1.54, 1.807) is 24.3 Å². The highest BCUT2D eigenvalue weighted by molar-refractivity contribution is 7.89. The Balaban J connectivity index is 1.51. The van der Waals surface area contributed by atoms with Crippen molar-refractivity contribution in [3.63, 3.8) is 0 Å². The first-order valence-electron chi connectivity index (χ1n) is 9.14. The van der Waals surface area contributed by atoms with Crippen molar-refractivity contribution in [1.29, 1.82) is 0 Å². The van der Waals surface area contributed by atoms with Gasteiger partial charge < -0.3 is 4.74 Å². The third-order valence-electron chi connectivity index (χ3n) is 4.85. The van der Waals surface area contributed by atoms with Gasteiger partial charge >= 0.3 is 5.97 Å². The number of sulfonamides is 1. The lowest BCUT2D eigenvalue weighted by atomic mass is 10.2. The Labute approximate surface area is 176 Å². The second kappa shape index (κ2) is 8.13. The van der Waals surface area contributed by atoms with Crippen molar-refractivity contribution in [2.45, 2.75) is 30.5 Å². The smallest absolute Gasteiger partial charge is 0.326 e. The highest BCUT2D eigenvalue weighted by Crippen LogP contribution is 2.27. The van der Waals surface area contributed by atoms with Crippen LogP contribution in [0.4, 0.5) is 0 Å². The Morgan fingerprint density at radius 1 is 1.17 bits per heavy atom. The number of fused-ring (bicyclic) bond motifs is 1. The van der Waals surface area contributed by atoms with Gasteiger partial charge in [0.2, 0.25) is 10.0 Å². The molecule has 1 saturated heterocycles. The predicted molar refractivity (Wildman–Crippen MR) is 108 cm³/mol. The molecule has 0 N–H and O–H groups in total. The van der Waals surface area contributed by atoms with Gasteiger partial charge in [0.1, 0.15) is 11.6 Å². The van der Waals surface area contributed by atoms with Crippen LogP contribution in [0, 0.1) is 0 Å². The zero-order chi connectivity index (χ0) is 21.3. The van der Waals surface area contributed by atoms with E-state index in [0.717, 1.165) is 8.99 Å². The van der Waals surface area contributed by atoms with Crippen LogP contribution >= 0.6 is 11.6 Å². The van der Waals surface area contributed by atoms with E-state index in [0.29, 0.717) is 28.8 Å². The van der Waals surface area contributed by atoms with Crippen molar-refractivity contribution in [2.24, 2.45) is 0 Å². The minimum absolute atomic E-state index is 0.0446. The molecule has 0 unspecified atom stereocenters. The summed E-state index contributed by atoms with van der Waals surface area (Å²) in [6, 6.07) is 11.4. The molecular weight excluding hydrogens is 432 g/mol. The quantitative estimate of drug-likeness (QED) is 0.547. The molecule has 4 rings (SSSR count). The van der Waals surface area contributed by atoms with E-state index in [1.165, 1.54) is 24.3 Å². The van der Waals surface area contributed by atoms with Gasteiger partial charge in [0.05, 0.1) is 10.3 Å². The highest BCUT2D eigenvalue weighted by atomic mass is 35.5. The molecule has 30 heavy (non-hydrogen) atoms. The standard InChI is InChI=1S/C19H17ClN4O5S/c20-13-7-9-14(10-8-13)30(27,28)24-11-3-6-17(24)19(26)29-12-23-18(25)15-4-1-2-5-16(15)21-22-23/h1-2,4-5,7-10,17H,3,6,11-12H2/t17-/m0/s1. The maximum absolute atomic E-state index is 12.9. The fourth-order valence-corrected chi connectivity index (χ4v) is 5.11. The minimum Gasteiger partial charge on any atom is -0.441 e. The summed E-state index contributed by atoms with van der Waals surface area (Å²) in [6.07, 6.45) is 0.840. The Morgan fingerprint density at radius 3 is 2.67 bits per heavy atom. The summed E-state index contributed by atoms with van der Waals surface area (Å²) >= 11 is 5.83. The van der Waals surface area contributed by atoms with E-state index in [-0.39, 0.29) is 11.4 Å². The van der Waals surface area contributed by atoms with Crippen LogP contribution in [-0.2, 0) is 26.3 Å². The van der Waals surface area contributed by atoms with Crippen LogP contribution in [0.15, 0.2) is 58.2 Å². The summed E-state index contributed by atoms with van der Waals surface area (Å²) in [5, 5.41) is 8.44. The summed E-state index contributed by atoms with van der Waals surface area (Å²) in [4.78, 5) is 25.1. The number of carbonyl (C=O) groups excluding carboxylic acids is 1. The summed E-state index contributed by atoms with van der Waals surface area (Å²) in [7, 11) is -3.89. The lowest BCUT2D eigenvalue weighted by molar-refractivity contribution is -0.152. The predicted octanol–water partition coefficient (Wildman–Crippen LogP) is 1.80. The molecule has 1 aliphatic heterocycles. The van der Waals surface area contributed by atoms with Gasteiger partial charge in [-0.25, -0.2) is 8.42 Å². The topological polar surface area (TPSA) is 111 Å². The zero-order valence-corrected chi connectivity index (χ0v) is 17.2. The summed E-state index contributed by atoms with van der Waals surface area (Å²) in [5.74, 6) is -0.744. The van der Waals surface area contributed by atoms with Gasteiger partial charge in [-0.05, 0) is 49.2 Å². The van der Waals surface area contributed by atoms with Gasteiger partial charge in [0.25, 0.3) is 5.56 Å². The number of halogens is 1. The number of ether oxygens (including phenoxy) is 1. The fourth-order valence-electron chi connectivity index (χ4n) is 3.33. The Kier molecular flexibility index (Phi) is 5.54. The molecule has 0 radical (unpaired) electrons. The molecule has 0 bridgehead atoms. The van der Waals surface area contributed by atoms with Crippen LogP contribution in [0.1, 0.15) is 12.8 Å². The molecule has 3 aromatic rings. The molecule has 0 aliphatic carbocycles. The van der Waals surface area contributed by atoms with Crippen molar-refractivity contribution in [3.05, 3.63) is 63.9 Å². The summed E-state index contributed by atoms with van der Waals surface area (Å²) in [5.41, 5.74) is -0.0217. The number of aromatic nitrogens is 3. The van der Waals surface area contributed by atoms with Crippen molar-refractivity contribution in [2.75, 3.05) is 6.54 Å². The fraction of sp³-hybridized carbons (Fsp3) is 0.263. The van der Waals surface area contributed by atoms with Crippen molar-refractivity contribution < 1.29 is 17.9 Å². The first-order chi connectivity index (χ1) is 14.4. The third kappa shape index (κ3) is 3.81. The van der Waals surface area contributed by atoms with Gasteiger partial charge in [0.15, 0.2) is 6.73 Å². The monoisotopic (exact) mass is 448 g/mol. The Hall–Kier alpha value is -2.82. The molecule has 9 nitrogen and oxygen atoms in total. The lowest BCUT2D eigenvalue weighted by Crippen LogP contribution is -2.42. The number of rotatable bonds is 5. The molecule has 0 amide bonds. The molecule has 1 aliphatic rings. The minimum atomic E-state index is -3.89. The molecule has 0 saturated carbocycles. The molecule has 0 spiro atoms. The van der Waals surface area contributed by atoms with Crippen molar-refractivity contribution >= 4 is 38.5 Å². The van der Waals surface area contributed by atoms with Gasteiger partial charge in [-0.15, -0.1) is 5.10 Å². The SMILES string of the molecule is O=C(OCn1nnc2ccccc2c1=O)[C@@H]1CCCN1S(=O)(=O)c1ccc(Cl)cc1. The Bertz CT molecular complexity index is 1260. The lowest BCUT2D eigenvalue weighted by Gasteiger charge is -2.22. The van der Waals surface area contributed by atoms with E-state index < -0.39 is 34.3 Å². The molecule has 2 aromatic carbocycles. The summed E-state index contributed by atoms with van der Waals surface area (Å²) < 4.78 is 33.1. The normalized spacial score (nSPS) is 17.3. The van der Waals surface area contributed by atoms with Gasteiger partial charge in [-0.3, -0.25) is 9.59 Å². The van der Waals surface area contributed by atoms with E-state index in [9.17, 15) is 18.0 Å². The van der Waals surface area contributed by atoms with Crippen LogP contribution in [-0.4, -0.2) is 46.3 Å². The van der Waals surface area contributed by atoms with E-state index in [4.69, 9.17) is 16.3 Å². The van der Waals surface area contributed by atoms with E-state index in [2.05, 4.69) is 10.3 Å². The first-order valence-corrected chi connectivity index (χ1v) is 11.0. The Morgan fingerprint density at radius 2 is 1.90 bits per heavy atom. The average Bonchev–Trinajstić information content (AvgIpc) is 3.25. The van der Waals surface area contributed by atoms with E-state index in [1.807, 2.05) is 0 Å². The van der Waals surface area contributed by atoms with Crippen LogP contribution in [0.25, 0.3) is 10.9 Å². The molecular formula is C19H17ClN4O5S. The summed E-state index contributed by atoms with van der Waals surface area (Å²) in [6.45, 7) is -0.263. The van der Waals surface area contributed by atoms with Gasteiger partial charge in [0, 0.05) is 11.6 Å². The number of benzene rings is 2. The molecule has 1 atom stereocenters. The maximum Gasteiger partial charge on any atom is 0.326 e. The molecule has 1 aromatic heterocycles. The maximum atomic E-state index is 12.9. The van der Waals surface area contributed by atoms with Crippen molar-refractivity contribution in [1.82, 2.24) is 19.3 Å². The zero-order valence-electron chi connectivity index (χ0n) is 15.6. The molecule has 11 heteroatoms. The molecule has 156 valence electrons. The van der Waals surface area contributed by atoms with Gasteiger partial charge in [-0.1, -0.05) is 28.9 Å². The first kappa shape index (κ1) is 20.5. The number of hydrogen-bond acceptors (Lipinski definition) is 7. The number of hydrogen-bond donors (Lipinski definition) is 0. The highest BCUT2D eigenvalue weighted by Gasteiger charge is 2.40.